The van der Waals surface area contributed by atoms with E-state index in [4.69, 9.17) is 0 Å². The van der Waals surface area contributed by atoms with Gasteiger partial charge in [-0.2, -0.15) is 0 Å². The predicted molar refractivity (Wildman–Crippen MR) is 94.0 cm³/mol. The van der Waals surface area contributed by atoms with Crippen molar-refractivity contribution in [2.75, 3.05) is 45.8 Å². The lowest BCUT2D eigenvalue weighted by Crippen LogP contribution is -2.51. The Bertz CT molecular complexity index is 588. The second kappa shape index (κ2) is 7.79. The Morgan fingerprint density at radius 2 is 1.54 bits per heavy atom. The quantitative estimate of drug-likeness (QED) is 0.845. The molecule has 3 rings (SSSR count). The Morgan fingerprint density at radius 3 is 2.21 bits per heavy atom. The molecule has 0 atom stereocenters. The second-order valence-electron chi connectivity index (χ2n) is 6.79. The van der Waals surface area contributed by atoms with E-state index in [9.17, 15) is 9.59 Å². The van der Waals surface area contributed by atoms with Crippen LogP contribution in [0, 0.1) is 6.92 Å². The van der Waals surface area contributed by atoms with E-state index in [0.717, 1.165) is 30.8 Å². The fourth-order valence-corrected chi connectivity index (χ4v) is 3.56. The van der Waals surface area contributed by atoms with Crippen LogP contribution in [0.15, 0.2) is 24.3 Å². The van der Waals surface area contributed by atoms with Crippen molar-refractivity contribution >= 4 is 11.8 Å². The summed E-state index contributed by atoms with van der Waals surface area (Å²) in [6.07, 6.45) is 3.12. The Balaban J connectivity index is 1.47. The molecule has 0 spiro atoms. The highest BCUT2D eigenvalue weighted by molar-refractivity contribution is 5.95. The third-order valence-electron chi connectivity index (χ3n) is 5.14. The van der Waals surface area contributed by atoms with Crippen molar-refractivity contribution in [3.8, 4) is 0 Å². The van der Waals surface area contributed by atoms with Crippen LogP contribution in [-0.4, -0.2) is 72.3 Å². The summed E-state index contributed by atoms with van der Waals surface area (Å²) in [4.78, 5) is 31.1. The molecule has 24 heavy (non-hydrogen) atoms. The van der Waals surface area contributed by atoms with E-state index in [1.165, 1.54) is 12.8 Å². The number of amides is 2. The lowest BCUT2D eigenvalue weighted by atomic mass is 10.1. The second-order valence-corrected chi connectivity index (χ2v) is 6.79. The molecule has 0 aliphatic carbocycles. The van der Waals surface area contributed by atoms with Gasteiger partial charge in [-0.25, -0.2) is 0 Å². The van der Waals surface area contributed by atoms with Crippen LogP contribution in [0.25, 0.3) is 0 Å². The molecule has 2 amide bonds. The Kier molecular flexibility index (Phi) is 5.51. The fraction of sp³-hybridized carbons (Fsp3) is 0.579. The van der Waals surface area contributed by atoms with Crippen molar-refractivity contribution in [2.45, 2.75) is 26.2 Å². The average Bonchev–Trinajstić information content (AvgIpc) is 3.13. The maximum atomic E-state index is 12.6. The highest BCUT2D eigenvalue weighted by Gasteiger charge is 2.25. The van der Waals surface area contributed by atoms with Gasteiger partial charge in [0.2, 0.25) is 5.91 Å². The average molecular weight is 329 g/mol. The third kappa shape index (κ3) is 3.96. The molecule has 0 radical (unpaired) electrons. The van der Waals surface area contributed by atoms with Gasteiger partial charge in [0.25, 0.3) is 5.91 Å². The number of carbonyl (C=O) groups excluding carboxylic acids is 2. The molecule has 2 heterocycles. The van der Waals surface area contributed by atoms with E-state index in [1.807, 2.05) is 41.0 Å². The van der Waals surface area contributed by atoms with Gasteiger partial charge in [0.1, 0.15) is 0 Å². The summed E-state index contributed by atoms with van der Waals surface area (Å²) in [6, 6.07) is 7.69. The molecule has 2 aliphatic heterocycles. The zero-order chi connectivity index (χ0) is 16.9. The molecule has 0 aromatic heterocycles. The van der Waals surface area contributed by atoms with Crippen LogP contribution >= 0.6 is 0 Å². The first kappa shape index (κ1) is 17.0. The lowest BCUT2D eigenvalue weighted by Gasteiger charge is -2.35. The molecule has 130 valence electrons. The molecular formula is C19H27N3O2. The van der Waals surface area contributed by atoms with Crippen molar-refractivity contribution in [3.63, 3.8) is 0 Å². The molecular weight excluding hydrogens is 302 g/mol. The van der Waals surface area contributed by atoms with Gasteiger partial charge in [-0.3, -0.25) is 9.59 Å². The maximum absolute atomic E-state index is 12.6. The smallest absolute Gasteiger partial charge is 0.254 e. The standard InChI is InChI=1S/C19H27N3O2/c1-16-6-2-3-7-17(16)19(24)22-14-12-21(13-15-22)18(23)8-11-20-9-4-5-10-20/h2-3,6-7H,4-5,8-15H2,1H3. The topological polar surface area (TPSA) is 43.9 Å². The number of hydrogen-bond acceptors (Lipinski definition) is 3. The zero-order valence-electron chi connectivity index (χ0n) is 14.5. The van der Waals surface area contributed by atoms with Gasteiger partial charge in [-0.1, -0.05) is 18.2 Å². The van der Waals surface area contributed by atoms with Gasteiger partial charge < -0.3 is 14.7 Å². The zero-order valence-corrected chi connectivity index (χ0v) is 14.5. The van der Waals surface area contributed by atoms with Crippen molar-refractivity contribution in [1.29, 1.82) is 0 Å². The summed E-state index contributed by atoms with van der Waals surface area (Å²) in [7, 11) is 0. The SMILES string of the molecule is Cc1ccccc1C(=O)N1CCN(C(=O)CCN2CCCC2)CC1. The van der Waals surface area contributed by atoms with Gasteiger partial charge in [-0.15, -0.1) is 0 Å². The Labute approximate surface area is 144 Å². The van der Waals surface area contributed by atoms with Gasteiger partial charge in [-0.05, 0) is 44.5 Å². The van der Waals surface area contributed by atoms with Crippen LogP contribution < -0.4 is 0 Å². The minimum Gasteiger partial charge on any atom is -0.339 e. The normalized spacial score (nSPS) is 18.9. The van der Waals surface area contributed by atoms with Crippen LogP contribution in [0.2, 0.25) is 0 Å². The van der Waals surface area contributed by atoms with E-state index < -0.39 is 0 Å². The highest BCUT2D eigenvalue weighted by atomic mass is 16.2. The van der Waals surface area contributed by atoms with Crippen molar-refractivity contribution in [1.82, 2.24) is 14.7 Å². The summed E-state index contributed by atoms with van der Waals surface area (Å²) in [5.74, 6) is 0.308. The molecule has 0 saturated carbocycles. The number of likely N-dealkylation sites (tertiary alicyclic amines) is 1. The van der Waals surface area contributed by atoms with E-state index in [-0.39, 0.29) is 11.8 Å². The first-order chi connectivity index (χ1) is 11.6. The van der Waals surface area contributed by atoms with E-state index in [2.05, 4.69) is 4.90 Å². The van der Waals surface area contributed by atoms with Crippen molar-refractivity contribution < 1.29 is 9.59 Å². The first-order valence-corrected chi connectivity index (χ1v) is 9.00. The Morgan fingerprint density at radius 1 is 0.917 bits per heavy atom. The monoisotopic (exact) mass is 329 g/mol. The van der Waals surface area contributed by atoms with E-state index >= 15 is 0 Å². The maximum Gasteiger partial charge on any atom is 0.254 e. The number of nitrogens with zero attached hydrogens (tertiary/aromatic N) is 3. The minimum absolute atomic E-state index is 0.0808. The van der Waals surface area contributed by atoms with Gasteiger partial charge in [0.05, 0.1) is 0 Å². The highest BCUT2D eigenvalue weighted by Crippen LogP contribution is 2.14. The van der Waals surface area contributed by atoms with Crippen molar-refractivity contribution in [2.24, 2.45) is 0 Å². The summed E-state index contributed by atoms with van der Waals surface area (Å²) < 4.78 is 0. The van der Waals surface area contributed by atoms with Gasteiger partial charge in [0, 0.05) is 44.7 Å². The van der Waals surface area contributed by atoms with Crippen LogP contribution in [0.1, 0.15) is 35.2 Å². The first-order valence-electron chi connectivity index (χ1n) is 9.00. The number of benzene rings is 1. The van der Waals surface area contributed by atoms with E-state index in [1.54, 1.807) is 0 Å². The van der Waals surface area contributed by atoms with E-state index in [0.29, 0.717) is 32.6 Å². The molecule has 1 aromatic rings. The number of rotatable bonds is 4. The molecule has 2 fully saturated rings. The molecule has 5 nitrogen and oxygen atoms in total. The minimum atomic E-state index is 0.0808. The predicted octanol–water partition coefficient (Wildman–Crippen LogP) is 1.77. The number of piperazine rings is 1. The van der Waals surface area contributed by atoms with Crippen LogP contribution in [-0.2, 0) is 4.79 Å². The summed E-state index contributed by atoms with van der Waals surface area (Å²) in [5, 5.41) is 0. The number of hydrogen-bond donors (Lipinski definition) is 0. The Hall–Kier alpha value is -1.88. The largest absolute Gasteiger partial charge is 0.339 e. The van der Waals surface area contributed by atoms with Crippen LogP contribution in [0.3, 0.4) is 0 Å². The third-order valence-corrected chi connectivity index (χ3v) is 5.14. The molecule has 2 saturated heterocycles. The molecule has 1 aromatic carbocycles. The molecule has 5 heteroatoms. The number of carbonyl (C=O) groups is 2. The molecule has 0 N–H and O–H groups in total. The van der Waals surface area contributed by atoms with Gasteiger partial charge >= 0.3 is 0 Å². The van der Waals surface area contributed by atoms with Gasteiger partial charge in [0.15, 0.2) is 0 Å². The number of aryl methyl sites for hydroxylation is 1. The van der Waals surface area contributed by atoms with Crippen molar-refractivity contribution in [3.05, 3.63) is 35.4 Å². The lowest BCUT2D eigenvalue weighted by molar-refractivity contribution is -0.133. The van der Waals surface area contributed by atoms with Crippen LogP contribution in [0.5, 0.6) is 0 Å². The summed E-state index contributed by atoms with van der Waals surface area (Å²) in [6.45, 7) is 7.66. The molecule has 0 bridgehead atoms. The summed E-state index contributed by atoms with van der Waals surface area (Å²) >= 11 is 0. The van der Waals surface area contributed by atoms with Crippen LogP contribution in [0.4, 0.5) is 0 Å². The molecule has 2 aliphatic rings. The summed E-state index contributed by atoms with van der Waals surface area (Å²) in [5.41, 5.74) is 1.78. The molecule has 0 unspecified atom stereocenters. The fourth-order valence-electron chi connectivity index (χ4n) is 3.56.